The highest BCUT2D eigenvalue weighted by Crippen LogP contribution is 2.20. The number of nitrogens with one attached hydrogen (secondary N) is 1. The predicted molar refractivity (Wildman–Crippen MR) is 55.2 cm³/mol. The molecular weight excluding hydrogens is 178 g/mol. The maximum Gasteiger partial charge on any atom is 0.0576 e. The molecule has 2 rings (SSSR count). The molecule has 1 unspecified atom stereocenters. The van der Waals surface area contributed by atoms with Crippen molar-refractivity contribution in [3.63, 3.8) is 0 Å². The molecule has 1 saturated heterocycles. The highest BCUT2D eigenvalue weighted by molar-refractivity contribution is 4.84. The Labute approximate surface area is 85.8 Å². The van der Waals surface area contributed by atoms with Gasteiger partial charge >= 0.3 is 0 Å². The standard InChI is InChI=1S/C11H21NO2/c13-10-7-9(8-10)12-5-1-3-11-4-2-6-14-11/h9-13H,1-8H2. The summed E-state index contributed by atoms with van der Waals surface area (Å²) < 4.78 is 5.55. The minimum Gasteiger partial charge on any atom is -0.393 e. The van der Waals surface area contributed by atoms with Crippen LogP contribution in [0, 0.1) is 0 Å². The van der Waals surface area contributed by atoms with Crippen molar-refractivity contribution in [1.82, 2.24) is 5.32 Å². The van der Waals surface area contributed by atoms with E-state index in [1.54, 1.807) is 0 Å². The average Bonchev–Trinajstić information content (AvgIpc) is 2.61. The molecule has 0 aromatic carbocycles. The summed E-state index contributed by atoms with van der Waals surface area (Å²) in [5.74, 6) is 0. The van der Waals surface area contributed by atoms with E-state index in [4.69, 9.17) is 9.84 Å². The monoisotopic (exact) mass is 199 g/mol. The van der Waals surface area contributed by atoms with Gasteiger partial charge in [0.25, 0.3) is 0 Å². The van der Waals surface area contributed by atoms with E-state index in [0.29, 0.717) is 12.1 Å². The van der Waals surface area contributed by atoms with Crippen LogP contribution in [0.5, 0.6) is 0 Å². The zero-order chi connectivity index (χ0) is 9.80. The predicted octanol–water partition coefficient (Wildman–Crippen LogP) is 1.06. The van der Waals surface area contributed by atoms with Crippen molar-refractivity contribution in [3.05, 3.63) is 0 Å². The second-order valence-electron chi connectivity index (χ2n) is 4.55. The molecule has 1 atom stereocenters. The van der Waals surface area contributed by atoms with Gasteiger partial charge in [-0.15, -0.1) is 0 Å². The minimum absolute atomic E-state index is 0.0364. The molecule has 1 saturated carbocycles. The molecule has 1 aliphatic carbocycles. The molecule has 14 heavy (non-hydrogen) atoms. The van der Waals surface area contributed by atoms with Crippen molar-refractivity contribution >= 4 is 0 Å². The van der Waals surface area contributed by atoms with E-state index in [1.165, 1.54) is 25.7 Å². The number of aliphatic hydroxyl groups excluding tert-OH is 1. The third kappa shape index (κ3) is 2.94. The first kappa shape index (κ1) is 10.4. The van der Waals surface area contributed by atoms with Gasteiger partial charge in [0.1, 0.15) is 0 Å². The number of hydrogen-bond donors (Lipinski definition) is 2. The van der Waals surface area contributed by atoms with E-state index in [0.717, 1.165) is 26.0 Å². The van der Waals surface area contributed by atoms with Crippen LogP contribution in [0.15, 0.2) is 0 Å². The van der Waals surface area contributed by atoms with E-state index in [1.807, 2.05) is 0 Å². The maximum absolute atomic E-state index is 9.09. The summed E-state index contributed by atoms with van der Waals surface area (Å²) in [7, 11) is 0. The summed E-state index contributed by atoms with van der Waals surface area (Å²) >= 11 is 0. The Bertz CT molecular complexity index is 163. The van der Waals surface area contributed by atoms with E-state index in [9.17, 15) is 0 Å². The summed E-state index contributed by atoms with van der Waals surface area (Å²) in [6.45, 7) is 2.05. The van der Waals surface area contributed by atoms with Crippen LogP contribution in [0.3, 0.4) is 0 Å². The smallest absolute Gasteiger partial charge is 0.0576 e. The zero-order valence-electron chi connectivity index (χ0n) is 8.74. The molecule has 0 amide bonds. The van der Waals surface area contributed by atoms with Crippen LogP contribution in [0.2, 0.25) is 0 Å². The summed E-state index contributed by atoms with van der Waals surface area (Å²) in [6, 6.07) is 0.578. The summed E-state index contributed by atoms with van der Waals surface area (Å²) in [6.07, 6.45) is 7.28. The van der Waals surface area contributed by atoms with Gasteiger partial charge in [0.05, 0.1) is 12.2 Å². The first-order valence-corrected chi connectivity index (χ1v) is 5.87. The van der Waals surface area contributed by atoms with Crippen molar-refractivity contribution in [1.29, 1.82) is 0 Å². The van der Waals surface area contributed by atoms with Gasteiger partial charge in [0.2, 0.25) is 0 Å². The van der Waals surface area contributed by atoms with Gasteiger partial charge in [-0.1, -0.05) is 0 Å². The van der Waals surface area contributed by atoms with E-state index in [2.05, 4.69) is 5.32 Å². The second kappa shape index (κ2) is 5.10. The lowest BCUT2D eigenvalue weighted by molar-refractivity contribution is 0.0611. The van der Waals surface area contributed by atoms with E-state index in [-0.39, 0.29) is 6.10 Å². The lowest BCUT2D eigenvalue weighted by atomic mass is 9.89. The molecule has 0 aromatic heterocycles. The van der Waals surface area contributed by atoms with Gasteiger partial charge in [-0.3, -0.25) is 0 Å². The summed E-state index contributed by atoms with van der Waals surface area (Å²) in [5, 5.41) is 12.5. The largest absolute Gasteiger partial charge is 0.393 e. The molecule has 0 aromatic rings. The number of ether oxygens (including phenoxy) is 1. The van der Waals surface area contributed by atoms with Crippen LogP contribution in [-0.2, 0) is 4.74 Å². The molecule has 2 N–H and O–H groups in total. The molecule has 0 radical (unpaired) electrons. The van der Waals surface area contributed by atoms with Gasteiger partial charge < -0.3 is 15.2 Å². The van der Waals surface area contributed by atoms with Crippen molar-refractivity contribution in [2.45, 2.75) is 56.8 Å². The molecule has 0 bridgehead atoms. The molecule has 2 fully saturated rings. The molecule has 3 heteroatoms. The lowest BCUT2D eigenvalue weighted by Gasteiger charge is -2.32. The van der Waals surface area contributed by atoms with Gasteiger partial charge in [-0.2, -0.15) is 0 Å². The molecule has 0 spiro atoms. The minimum atomic E-state index is -0.0364. The fourth-order valence-corrected chi connectivity index (χ4v) is 2.26. The number of hydrogen-bond acceptors (Lipinski definition) is 3. The molecular formula is C11H21NO2. The first-order chi connectivity index (χ1) is 6.84. The van der Waals surface area contributed by atoms with Crippen molar-refractivity contribution in [2.75, 3.05) is 13.2 Å². The first-order valence-electron chi connectivity index (χ1n) is 5.87. The van der Waals surface area contributed by atoms with Crippen molar-refractivity contribution in [3.8, 4) is 0 Å². The van der Waals surface area contributed by atoms with Crippen LogP contribution in [0.1, 0.15) is 38.5 Å². The third-order valence-electron chi connectivity index (χ3n) is 3.27. The maximum atomic E-state index is 9.09. The van der Waals surface area contributed by atoms with Crippen molar-refractivity contribution < 1.29 is 9.84 Å². The van der Waals surface area contributed by atoms with Gasteiger partial charge in [-0.25, -0.2) is 0 Å². The fourth-order valence-electron chi connectivity index (χ4n) is 2.26. The quantitative estimate of drug-likeness (QED) is 0.651. The van der Waals surface area contributed by atoms with Crippen LogP contribution in [-0.4, -0.2) is 36.5 Å². The Morgan fingerprint density at radius 3 is 2.86 bits per heavy atom. The molecule has 3 nitrogen and oxygen atoms in total. The van der Waals surface area contributed by atoms with Gasteiger partial charge in [0, 0.05) is 12.6 Å². The summed E-state index contributed by atoms with van der Waals surface area (Å²) in [5.41, 5.74) is 0. The fraction of sp³-hybridized carbons (Fsp3) is 1.00. The Morgan fingerprint density at radius 1 is 1.36 bits per heavy atom. The van der Waals surface area contributed by atoms with Crippen LogP contribution < -0.4 is 5.32 Å². The topological polar surface area (TPSA) is 41.5 Å². The molecule has 2 aliphatic rings. The molecule has 1 heterocycles. The Morgan fingerprint density at radius 2 is 2.21 bits per heavy atom. The highest BCUT2D eigenvalue weighted by atomic mass is 16.5. The highest BCUT2D eigenvalue weighted by Gasteiger charge is 2.26. The van der Waals surface area contributed by atoms with Gasteiger partial charge in [0.15, 0.2) is 0 Å². The Kier molecular flexibility index (Phi) is 3.79. The average molecular weight is 199 g/mol. The van der Waals surface area contributed by atoms with Gasteiger partial charge in [-0.05, 0) is 45.1 Å². The van der Waals surface area contributed by atoms with E-state index < -0.39 is 0 Å². The molecule has 1 aliphatic heterocycles. The Hall–Kier alpha value is -0.120. The number of rotatable bonds is 5. The van der Waals surface area contributed by atoms with Crippen LogP contribution in [0.4, 0.5) is 0 Å². The third-order valence-corrected chi connectivity index (χ3v) is 3.27. The SMILES string of the molecule is OC1CC(NCCCC2CCCO2)C1. The zero-order valence-corrected chi connectivity index (χ0v) is 8.74. The van der Waals surface area contributed by atoms with Crippen molar-refractivity contribution in [2.24, 2.45) is 0 Å². The molecule has 82 valence electrons. The number of aliphatic hydroxyl groups is 1. The lowest BCUT2D eigenvalue weighted by Crippen LogP contribution is -2.44. The van der Waals surface area contributed by atoms with Crippen LogP contribution >= 0.6 is 0 Å². The normalized spacial score (nSPS) is 37.1. The van der Waals surface area contributed by atoms with E-state index >= 15 is 0 Å². The Balaban J connectivity index is 1.43. The second-order valence-corrected chi connectivity index (χ2v) is 4.55. The van der Waals surface area contributed by atoms with Crippen LogP contribution in [0.25, 0.3) is 0 Å². The summed E-state index contributed by atoms with van der Waals surface area (Å²) in [4.78, 5) is 0.